The van der Waals surface area contributed by atoms with Crippen molar-refractivity contribution in [2.75, 3.05) is 7.11 Å². The van der Waals surface area contributed by atoms with Gasteiger partial charge in [-0.25, -0.2) is 0 Å². The molecule has 1 aromatic heterocycles. The van der Waals surface area contributed by atoms with Gasteiger partial charge in [0.05, 0.1) is 19.2 Å². The average Bonchev–Trinajstić information content (AvgIpc) is 3.29. The van der Waals surface area contributed by atoms with E-state index in [9.17, 15) is 9.59 Å². The number of amides is 1. The summed E-state index contributed by atoms with van der Waals surface area (Å²) in [4.78, 5) is 24.1. The third-order valence-electron chi connectivity index (χ3n) is 4.92. The highest BCUT2D eigenvalue weighted by atomic mass is 16.5. The molecular formula is C24H27N3O4. The van der Waals surface area contributed by atoms with E-state index in [1.165, 1.54) is 5.56 Å². The normalized spacial score (nSPS) is 10.6. The van der Waals surface area contributed by atoms with Gasteiger partial charge in [0.1, 0.15) is 5.75 Å². The molecule has 0 radical (unpaired) electrons. The predicted octanol–water partition coefficient (Wildman–Crippen LogP) is 4.12. The Morgan fingerprint density at radius 3 is 2.48 bits per heavy atom. The Kier molecular flexibility index (Phi) is 8.34. The highest BCUT2D eigenvalue weighted by Gasteiger charge is 2.16. The fraction of sp³-hybridized carbons (Fsp3) is 0.333. The molecule has 0 aliphatic heterocycles. The lowest BCUT2D eigenvalue weighted by molar-refractivity contribution is -0.138. The van der Waals surface area contributed by atoms with Crippen LogP contribution in [-0.2, 0) is 22.6 Å². The summed E-state index contributed by atoms with van der Waals surface area (Å²) in [5.41, 5.74) is 1.99. The van der Waals surface area contributed by atoms with Crippen molar-refractivity contribution in [3.63, 3.8) is 0 Å². The van der Waals surface area contributed by atoms with Crippen LogP contribution in [0.5, 0.6) is 5.75 Å². The number of ether oxygens (including phenoxy) is 1. The molecule has 7 heteroatoms. The first-order chi connectivity index (χ1) is 15.2. The van der Waals surface area contributed by atoms with E-state index in [0.717, 1.165) is 25.7 Å². The van der Waals surface area contributed by atoms with E-state index in [1.807, 2.05) is 30.3 Å². The van der Waals surface area contributed by atoms with Gasteiger partial charge in [-0.3, -0.25) is 9.59 Å². The summed E-state index contributed by atoms with van der Waals surface area (Å²) < 4.78 is 10.9. The Balaban J connectivity index is 1.35. The van der Waals surface area contributed by atoms with Crippen LogP contribution >= 0.6 is 0 Å². The van der Waals surface area contributed by atoms with Crippen molar-refractivity contribution in [2.24, 2.45) is 0 Å². The second-order valence-corrected chi connectivity index (χ2v) is 7.21. The van der Waals surface area contributed by atoms with Crippen molar-refractivity contribution in [1.29, 1.82) is 0 Å². The number of aromatic nitrogens is 2. The van der Waals surface area contributed by atoms with Crippen molar-refractivity contribution in [2.45, 2.75) is 45.1 Å². The summed E-state index contributed by atoms with van der Waals surface area (Å²) in [6.45, 7) is 0.00377. The quantitative estimate of drug-likeness (QED) is 0.349. The Morgan fingerprint density at radius 2 is 1.68 bits per heavy atom. The number of hydrogen-bond donors (Lipinski definition) is 1. The minimum atomic E-state index is -0.624. The number of para-hydroxylation sites is 1. The lowest BCUT2D eigenvalue weighted by atomic mass is 10.0. The Hall–Kier alpha value is -3.48. The highest BCUT2D eigenvalue weighted by Crippen LogP contribution is 2.28. The Labute approximate surface area is 181 Å². The van der Waals surface area contributed by atoms with Crippen LogP contribution in [0.4, 0.5) is 0 Å². The van der Waals surface area contributed by atoms with E-state index in [2.05, 4.69) is 27.6 Å². The molecule has 1 N–H and O–H groups in total. The zero-order valence-corrected chi connectivity index (χ0v) is 17.7. The van der Waals surface area contributed by atoms with E-state index in [0.29, 0.717) is 23.6 Å². The largest absolute Gasteiger partial charge is 0.496 e. The lowest BCUT2D eigenvalue weighted by Gasteiger charge is -2.04. The van der Waals surface area contributed by atoms with E-state index in [-0.39, 0.29) is 18.9 Å². The number of unbranched alkanes of at least 4 members (excludes halogenated alkanes) is 3. The Bertz CT molecular complexity index is 985. The molecule has 3 rings (SSSR count). The molecular weight excluding hydrogens is 394 g/mol. The van der Waals surface area contributed by atoms with Crippen molar-refractivity contribution in [1.82, 2.24) is 15.5 Å². The second-order valence-electron chi connectivity index (χ2n) is 7.21. The first-order valence-electron chi connectivity index (χ1n) is 10.5. The van der Waals surface area contributed by atoms with E-state index in [1.54, 1.807) is 19.2 Å². The number of carbonyl (C=O) groups is 2. The maximum atomic E-state index is 12.0. The monoisotopic (exact) mass is 421 g/mol. The maximum absolute atomic E-state index is 12.0. The molecule has 0 fully saturated rings. The van der Waals surface area contributed by atoms with Crippen LogP contribution in [0.25, 0.3) is 11.5 Å². The van der Waals surface area contributed by atoms with Gasteiger partial charge in [-0.05, 0) is 37.0 Å². The summed E-state index contributed by atoms with van der Waals surface area (Å²) in [6.07, 6.45) is 5.04. The van der Waals surface area contributed by atoms with Gasteiger partial charge in [0.15, 0.2) is 0 Å². The number of nitrogens with zero attached hydrogens (tertiary/aromatic N) is 2. The number of rotatable bonds is 12. The summed E-state index contributed by atoms with van der Waals surface area (Å²) in [5.74, 6) is 0.0843. The number of nitrogens with one attached hydrogen (secondary N) is 1. The molecule has 0 saturated carbocycles. The summed E-state index contributed by atoms with van der Waals surface area (Å²) >= 11 is 0. The fourth-order valence-corrected chi connectivity index (χ4v) is 3.24. The SMILES string of the molecule is COc1ccccc1-c1nnc(CNC(=O)C(=O)CCCCCCc2ccccc2)o1. The molecule has 0 saturated heterocycles. The number of aryl methyl sites for hydroxylation is 1. The molecule has 7 nitrogen and oxygen atoms in total. The topological polar surface area (TPSA) is 94.3 Å². The molecule has 0 aliphatic rings. The van der Waals surface area contributed by atoms with Crippen LogP contribution < -0.4 is 10.1 Å². The number of benzene rings is 2. The summed E-state index contributed by atoms with van der Waals surface area (Å²) in [7, 11) is 1.56. The van der Waals surface area contributed by atoms with E-state index in [4.69, 9.17) is 9.15 Å². The van der Waals surface area contributed by atoms with Crippen LogP contribution in [0.15, 0.2) is 59.0 Å². The highest BCUT2D eigenvalue weighted by molar-refractivity contribution is 6.36. The zero-order chi connectivity index (χ0) is 21.9. The maximum Gasteiger partial charge on any atom is 0.287 e. The van der Waals surface area contributed by atoms with Crippen LogP contribution in [0.3, 0.4) is 0 Å². The molecule has 1 heterocycles. The molecule has 0 bridgehead atoms. The van der Waals surface area contributed by atoms with Gasteiger partial charge in [-0.2, -0.15) is 0 Å². The first-order valence-corrected chi connectivity index (χ1v) is 10.5. The predicted molar refractivity (Wildman–Crippen MR) is 116 cm³/mol. The Morgan fingerprint density at radius 1 is 0.935 bits per heavy atom. The van der Waals surface area contributed by atoms with Gasteiger partial charge in [-0.15, -0.1) is 10.2 Å². The smallest absolute Gasteiger partial charge is 0.287 e. The minimum Gasteiger partial charge on any atom is -0.496 e. The number of hydrogen-bond acceptors (Lipinski definition) is 6. The van der Waals surface area contributed by atoms with Crippen LogP contribution in [-0.4, -0.2) is 29.0 Å². The number of methoxy groups -OCH3 is 1. The third-order valence-corrected chi connectivity index (χ3v) is 4.92. The van der Waals surface area contributed by atoms with E-state index >= 15 is 0 Å². The molecule has 0 aliphatic carbocycles. The molecule has 1 amide bonds. The number of carbonyl (C=O) groups excluding carboxylic acids is 2. The standard InChI is InChI=1S/C24H27N3O4/c1-30-21-16-10-9-14-19(21)24-27-26-22(31-24)17-25-23(29)20(28)15-8-3-2-5-11-18-12-6-4-7-13-18/h4,6-7,9-10,12-14,16H,2-3,5,8,11,15,17H2,1H3,(H,25,29). The summed E-state index contributed by atoms with van der Waals surface area (Å²) in [6, 6.07) is 17.6. The minimum absolute atomic E-state index is 0.00377. The summed E-state index contributed by atoms with van der Waals surface area (Å²) in [5, 5.41) is 10.5. The second kappa shape index (κ2) is 11.6. The van der Waals surface area contributed by atoms with Crippen LogP contribution in [0, 0.1) is 0 Å². The van der Waals surface area contributed by atoms with Gasteiger partial charge in [0.25, 0.3) is 11.8 Å². The molecule has 0 spiro atoms. The van der Waals surface area contributed by atoms with Gasteiger partial charge in [0.2, 0.25) is 11.7 Å². The van der Waals surface area contributed by atoms with Crippen molar-refractivity contribution < 1.29 is 18.7 Å². The third kappa shape index (κ3) is 6.77. The average molecular weight is 421 g/mol. The molecule has 3 aromatic rings. The molecule has 2 aromatic carbocycles. The van der Waals surface area contributed by atoms with Gasteiger partial charge in [-0.1, -0.05) is 55.3 Å². The number of Topliss-reactive ketones (excluding diaryl/α,β-unsaturated/α-hetero) is 1. The van der Waals surface area contributed by atoms with Crippen LogP contribution in [0.1, 0.15) is 43.6 Å². The zero-order valence-electron chi connectivity index (χ0n) is 17.7. The molecule has 162 valence electrons. The van der Waals surface area contributed by atoms with Gasteiger partial charge >= 0.3 is 0 Å². The van der Waals surface area contributed by atoms with E-state index < -0.39 is 11.7 Å². The van der Waals surface area contributed by atoms with Gasteiger partial charge in [0, 0.05) is 6.42 Å². The van der Waals surface area contributed by atoms with Crippen molar-refractivity contribution in [3.8, 4) is 17.2 Å². The van der Waals surface area contributed by atoms with Gasteiger partial charge < -0.3 is 14.5 Å². The number of ketones is 1. The fourth-order valence-electron chi connectivity index (χ4n) is 3.24. The molecule has 0 atom stereocenters. The van der Waals surface area contributed by atoms with Crippen molar-refractivity contribution in [3.05, 3.63) is 66.1 Å². The lowest BCUT2D eigenvalue weighted by Crippen LogP contribution is -2.30. The molecule has 31 heavy (non-hydrogen) atoms. The molecule has 0 unspecified atom stereocenters. The van der Waals surface area contributed by atoms with Crippen molar-refractivity contribution >= 4 is 11.7 Å². The van der Waals surface area contributed by atoms with Crippen LogP contribution in [0.2, 0.25) is 0 Å². The first kappa shape index (κ1) is 22.2.